The van der Waals surface area contributed by atoms with Gasteiger partial charge in [-0.05, 0) is 18.2 Å². The fraction of sp³-hybridized carbons (Fsp3) is 0.0909. The van der Waals surface area contributed by atoms with Crippen LogP contribution in [0.4, 0.5) is 0 Å². The molecule has 0 radical (unpaired) electrons. The second-order valence-corrected chi connectivity index (χ2v) is 4.69. The van der Waals surface area contributed by atoms with E-state index in [1.807, 2.05) is 0 Å². The minimum atomic E-state index is -0.0518. The molecule has 0 amide bonds. The predicted molar refractivity (Wildman–Crippen MR) is 68.9 cm³/mol. The van der Waals surface area contributed by atoms with Gasteiger partial charge in [-0.1, -0.05) is 11.6 Å². The van der Waals surface area contributed by atoms with Gasteiger partial charge in [0.2, 0.25) is 0 Å². The average molecular weight is 268 g/mol. The van der Waals surface area contributed by atoms with Crippen LogP contribution in [-0.4, -0.2) is 10.8 Å². The third-order valence-electron chi connectivity index (χ3n) is 2.10. The van der Waals surface area contributed by atoms with Crippen molar-refractivity contribution in [2.45, 2.75) is 6.61 Å². The Labute approximate surface area is 108 Å². The summed E-state index contributed by atoms with van der Waals surface area (Å²) in [5.41, 5.74) is 7.63. The van der Waals surface area contributed by atoms with Crippen LogP contribution in [0.3, 0.4) is 0 Å². The summed E-state index contributed by atoms with van der Waals surface area (Å²) < 4.78 is 5.54. The average Bonchev–Trinajstić information content (AvgIpc) is 2.78. The van der Waals surface area contributed by atoms with Gasteiger partial charge in [0.05, 0.1) is 15.4 Å². The molecule has 3 N–H and O–H groups in total. The van der Waals surface area contributed by atoms with Gasteiger partial charge in [-0.25, -0.2) is 0 Å². The van der Waals surface area contributed by atoms with E-state index in [9.17, 15) is 0 Å². The van der Waals surface area contributed by atoms with Gasteiger partial charge in [0, 0.05) is 11.8 Å². The first kappa shape index (κ1) is 11.9. The highest BCUT2D eigenvalue weighted by Crippen LogP contribution is 2.23. The maximum atomic E-state index is 7.31. The molecule has 0 aliphatic carbocycles. The molecule has 1 aromatic carbocycles. The first-order valence-corrected chi connectivity index (χ1v) is 6.06. The zero-order chi connectivity index (χ0) is 12.3. The molecule has 1 heterocycles. The highest BCUT2D eigenvalue weighted by molar-refractivity contribution is 7.09. The van der Waals surface area contributed by atoms with Crippen LogP contribution in [0.2, 0.25) is 5.02 Å². The predicted octanol–water partition coefficient (Wildman–Crippen LogP) is 2.66. The summed E-state index contributed by atoms with van der Waals surface area (Å²) >= 11 is 7.51. The maximum Gasteiger partial charge on any atom is 0.124 e. The quantitative estimate of drug-likeness (QED) is 0.661. The van der Waals surface area contributed by atoms with Crippen molar-refractivity contribution in [1.82, 2.24) is 4.98 Å². The molecule has 0 aliphatic rings. The number of thiazole rings is 1. The van der Waals surface area contributed by atoms with E-state index in [-0.39, 0.29) is 5.84 Å². The molecule has 0 aliphatic heterocycles. The van der Waals surface area contributed by atoms with E-state index in [1.165, 1.54) is 11.3 Å². The third-order valence-corrected chi connectivity index (χ3v) is 3.16. The molecular formula is C11H10ClN3OS. The normalized spacial score (nSPS) is 10.2. The monoisotopic (exact) mass is 267 g/mol. The van der Waals surface area contributed by atoms with Gasteiger partial charge in [0.1, 0.15) is 18.2 Å². The van der Waals surface area contributed by atoms with Crippen LogP contribution in [0.25, 0.3) is 0 Å². The van der Waals surface area contributed by atoms with Crippen molar-refractivity contribution in [1.29, 1.82) is 5.41 Å². The van der Waals surface area contributed by atoms with Gasteiger partial charge >= 0.3 is 0 Å². The van der Waals surface area contributed by atoms with Crippen molar-refractivity contribution >= 4 is 28.8 Å². The molecule has 0 saturated heterocycles. The van der Waals surface area contributed by atoms with Gasteiger partial charge in [0.15, 0.2) is 0 Å². The fourth-order valence-electron chi connectivity index (χ4n) is 1.27. The topological polar surface area (TPSA) is 72.0 Å². The highest BCUT2D eigenvalue weighted by Gasteiger charge is 2.05. The van der Waals surface area contributed by atoms with Crippen LogP contribution in [0.5, 0.6) is 5.75 Å². The molecule has 0 bridgehead atoms. The number of halogens is 1. The molecule has 2 aromatic rings. The Hall–Kier alpha value is -1.59. The lowest BCUT2D eigenvalue weighted by Gasteiger charge is -2.07. The number of amidine groups is 1. The van der Waals surface area contributed by atoms with E-state index >= 15 is 0 Å². The van der Waals surface area contributed by atoms with Gasteiger partial charge < -0.3 is 10.5 Å². The summed E-state index contributed by atoms with van der Waals surface area (Å²) in [6.45, 7) is 0.459. The van der Waals surface area contributed by atoms with Crippen LogP contribution in [0.1, 0.15) is 10.4 Å². The van der Waals surface area contributed by atoms with Crippen molar-refractivity contribution in [3.63, 3.8) is 0 Å². The molecule has 0 saturated carbocycles. The fourth-order valence-corrected chi connectivity index (χ4v) is 2.05. The highest BCUT2D eigenvalue weighted by atomic mass is 35.5. The number of hydrogen-bond donors (Lipinski definition) is 2. The molecule has 17 heavy (non-hydrogen) atoms. The zero-order valence-electron chi connectivity index (χ0n) is 8.81. The Morgan fingerprint density at radius 1 is 1.53 bits per heavy atom. The smallest absolute Gasteiger partial charge is 0.124 e. The minimum Gasteiger partial charge on any atom is -0.488 e. The summed E-state index contributed by atoms with van der Waals surface area (Å²) in [5.74, 6) is 0.595. The van der Waals surface area contributed by atoms with Gasteiger partial charge in [-0.3, -0.25) is 10.4 Å². The van der Waals surface area contributed by atoms with Crippen molar-refractivity contribution < 1.29 is 4.74 Å². The summed E-state index contributed by atoms with van der Waals surface area (Å²) in [6.07, 6.45) is 1.76. The number of nitrogens with zero attached hydrogens (tertiary/aromatic N) is 1. The molecule has 0 spiro atoms. The van der Waals surface area contributed by atoms with Crippen LogP contribution >= 0.6 is 22.9 Å². The molecular weight excluding hydrogens is 258 g/mol. The van der Waals surface area contributed by atoms with E-state index in [4.69, 9.17) is 27.5 Å². The molecule has 0 atom stereocenters. The van der Waals surface area contributed by atoms with Gasteiger partial charge in [-0.2, -0.15) is 0 Å². The number of aromatic nitrogens is 1. The summed E-state index contributed by atoms with van der Waals surface area (Å²) in [6, 6.07) is 5.07. The first-order valence-electron chi connectivity index (χ1n) is 4.81. The number of hydrogen-bond acceptors (Lipinski definition) is 4. The van der Waals surface area contributed by atoms with Gasteiger partial charge in [0.25, 0.3) is 0 Å². The number of nitrogens with one attached hydrogen (secondary N) is 1. The molecule has 4 nitrogen and oxygen atoms in total. The molecule has 6 heteroatoms. The maximum absolute atomic E-state index is 7.31. The Morgan fingerprint density at radius 2 is 2.35 bits per heavy atom. The zero-order valence-corrected chi connectivity index (χ0v) is 10.4. The molecule has 1 aromatic heterocycles. The Balaban J connectivity index is 2.07. The second kappa shape index (κ2) is 5.16. The van der Waals surface area contributed by atoms with Crippen molar-refractivity contribution in [3.05, 3.63) is 45.4 Å². The standard InChI is InChI=1S/C11H10ClN3OS/c12-10-3-7(1-2-9(10)11(13)14)16-5-8-4-15-6-17-8/h1-4,6H,5H2,(H3,13,14). The number of nitrogens with two attached hydrogens (primary N) is 1. The number of benzene rings is 1. The number of rotatable bonds is 4. The van der Waals surface area contributed by atoms with Gasteiger partial charge in [-0.15, -0.1) is 11.3 Å². The lowest BCUT2D eigenvalue weighted by atomic mass is 10.2. The van der Waals surface area contributed by atoms with Crippen LogP contribution in [-0.2, 0) is 6.61 Å². The lowest BCUT2D eigenvalue weighted by Crippen LogP contribution is -2.11. The van der Waals surface area contributed by atoms with Crippen molar-refractivity contribution in [2.24, 2.45) is 5.73 Å². The Bertz CT molecular complexity index is 528. The lowest BCUT2D eigenvalue weighted by molar-refractivity contribution is 0.309. The van der Waals surface area contributed by atoms with E-state index in [0.29, 0.717) is 22.9 Å². The first-order chi connectivity index (χ1) is 8.16. The van der Waals surface area contributed by atoms with Crippen LogP contribution < -0.4 is 10.5 Å². The Kier molecular flexibility index (Phi) is 3.61. The van der Waals surface area contributed by atoms with E-state index in [1.54, 1.807) is 29.9 Å². The van der Waals surface area contributed by atoms with Crippen molar-refractivity contribution in [2.75, 3.05) is 0 Å². The van der Waals surface area contributed by atoms with E-state index < -0.39 is 0 Å². The van der Waals surface area contributed by atoms with Crippen molar-refractivity contribution in [3.8, 4) is 5.75 Å². The molecule has 2 rings (SSSR count). The molecule has 0 fully saturated rings. The van der Waals surface area contributed by atoms with Crippen LogP contribution in [0, 0.1) is 5.41 Å². The third kappa shape index (κ3) is 2.95. The largest absolute Gasteiger partial charge is 0.488 e. The van der Waals surface area contributed by atoms with E-state index in [0.717, 1.165) is 4.88 Å². The van der Waals surface area contributed by atoms with E-state index in [2.05, 4.69) is 4.98 Å². The summed E-state index contributed by atoms with van der Waals surface area (Å²) in [5, 5.41) is 7.72. The minimum absolute atomic E-state index is 0.0518. The SMILES string of the molecule is N=C(N)c1ccc(OCc2cncs2)cc1Cl. The Morgan fingerprint density at radius 3 is 2.94 bits per heavy atom. The summed E-state index contributed by atoms with van der Waals surface area (Å²) in [4.78, 5) is 5.00. The second-order valence-electron chi connectivity index (χ2n) is 3.31. The van der Waals surface area contributed by atoms with Crippen LogP contribution in [0.15, 0.2) is 29.9 Å². The number of nitrogen functional groups attached to an aromatic ring is 1. The summed E-state index contributed by atoms with van der Waals surface area (Å²) in [7, 11) is 0. The molecule has 88 valence electrons. The molecule has 0 unspecified atom stereocenters. The number of ether oxygens (including phenoxy) is 1.